The van der Waals surface area contributed by atoms with Crippen molar-refractivity contribution in [3.8, 4) is 5.75 Å². The van der Waals surface area contributed by atoms with Crippen LogP contribution in [-0.2, 0) is 11.3 Å². The zero-order valence-corrected chi connectivity index (χ0v) is 19.4. The van der Waals surface area contributed by atoms with E-state index in [2.05, 4.69) is 84.2 Å². The second kappa shape index (κ2) is 9.02. The maximum absolute atomic E-state index is 12.0. The largest absolute Gasteiger partial charge is 0.483 e. The Morgan fingerprint density at radius 1 is 1.07 bits per heavy atom. The molecule has 4 aromatic rings. The third kappa shape index (κ3) is 4.27. The van der Waals surface area contributed by atoms with Gasteiger partial charge in [0.15, 0.2) is 6.61 Å². The zero-order valence-electron chi connectivity index (χ0n) is 16.2. The zero-order chi connectivity index (χ0) is 21.1. The molecule has 0 unspecified atom stereocenters. The molecule has 0 radical (unpaired) electrons. The first-order valence-corrected chi connectivity index (χ1v) is 11.1. The maximum atomic E-state index is 12.0. The van der Waals surface area contributed by atoms with Gasteiger partial charge >= 0.3 is 0 Å². The molecule has 0 aliphatic heterocycles. The van der Waals surface area contributed by atoms with E-state index < -0.39 is 0 Å². The predicted octanol–water partition coefficient (Wildman–Crippen LogP) is 5.87. The molecule has 0 saturated carbocycles. The van der Waals surface area contributed by atoms with Crippen molar-refractivity contribution in [1.82, 2.24) is 9.99 Å². The highest BCUT2D eigenvalue weighted by atomic mass is 79.9. The summed E-state index contributed by atoms with van der Waals surface area (Å²) in [6.45, 7) is 2.92. The number of benzene rings is 3. The Morgan fingerprint density at radius 2 is 1.87 bits per heavy atom. The molecule has 0 aliphatic rings. The lowest BCUT2D eigenvalue weighted by molar-refractivity contribution is -0.123. The number of hydrogen-bond acceptors (Lipinski definition) is 3. The van der Waals surface area contributed by atoms with Crippen molar-refractivity contribution in [1.29, 1.82) is 0 Å². The van der Waals surface area contributed by atoms with Gasteiger partial charge in [-0.1, -0.05) is 40.2 Å². The van der Waals surface area contributed by atoms with Crippen LogP contribution in [-0.4, -0.2) is 23.3 Å². The predicted molar refractivity (Wildman–Crippen MR) is 128 cm³/mol. The van der Waals surface area contributed by atoms with Crippen LogP contribution >= 0.6 is 31.9 Å². The maximum Gasteiger partial charge on any atom is 0.277 e. The molecule has 3 aromatic carbocycles. The van der Waals surface area contributed by atoms with Gasteiger partial charge in [-0.3, -0.25) is 4.79 Å². The lowest BCUT2D eigenvalue weighted by Gasteiger charge is -2.07. The number of aryl methyl sites for hydroxylation is 1. The van der Waals surface area contributed by atoms with Crippen LogP contribution in [0.2, 0.25) is 0 Å². The molecular weight excluding hydrogens is 510 g/mol. The van der Waals surface area contributed by atoms with E-state index in [0.717, 1.165) is 21.1 Å². The monoisotopic (exact) mass is 527 g/mol. The fraction of sp³-hybridized carbons (Fsp3) is 0.130. The van der Waals surface area contributed by atoms with Gasteiger partial charge in [-0.05, 0) is 64.8 Å². The molecule has 0 aliphatic carbocycles. The highest BCUT2D eigenvalue weighted by Gasteiger charge is 2.09. The lowest BCUT2D eigenvalue weighted by Crippen LogP contribution is -2.24. The number of carbonyl (C=O) groups excluding carboxylic acids is 1. The summed E-state index contributed by atoms with van der Waals surface area (Å²) in [7, 11) is 0. The number of hydrogen-bond donors (Lipinski definition) is 1. The first-order valence-electron chi connectivity index (χ1n) is 9.47. The molecule has 1 N–H and O–H groups in total. The Hall–Kier alpha value is -2.64. The fourth-order valence-electron chi connectivity index (χ4n) is 3.44. The summed E-state index contributed by atoms with van der Waals surface area (Å²) in [5.41, 5.74) is 5.83. The first-order chi connectivity index (χ1) is 14.6. The van der Waals surface area contributed by atoms with E-state index in [-0.39, 0.29) is 12.5 Å². The molecule has 5 nitrogen and oxygen atoms in total. The summed E-state index contributed by atoms with van der Waals surface area (Å²) in [6.07, 6.45) is 1.64. The summed E-state index contributed by atoms with van der Waals surface area (Å²) in [5.74, 6) is 0.264. The van der Waals surface area contributed by atoms with Gasteiger partial charge in [0, 0.05) is 32.8 Å². The van der Waals surface area contributed by atoms with Gasteiger partial charge in [0.05, 0.1) is 10.7 Å². The standard InChI is InChI=1S/C23H19Br2N3O2/c1-2-28-20-6-4-3-5-17(20)18-11-15(7-9-21(18)28)13-26-27-23(29)14-30-22-10-8-16(24)12-19(22)25/h3-13H,2,14H2,1H3,(H,27,29)/b26-13+. The molecule has 7 heteroatoms. The van der Waals surface area contributed by atoms with Crippen molar-refractivity contribution in [3.05, 3.63) is 75.2 Å². The number of nitrogens with zero attached hydrogens (tertiary/aromatic N) is 2. The van der Waals surface area contributed by atoms with Gasteiger partial charge in [-0.15, -0.1) is 0 Å². The Kier molecular flexibility index (Phi) is 6.20. The van der Waals surface area contributed by atoms with E-state index in [1.165, 1.54) is 21.8 Å². The minimum Gasteiger partial charge on any atom is -0.483 e. The van der Waals surface area contributed by atoms with Gasteiger partial charge in [-0.25, -0.2) is 5.43 Å². The van der Waals surface area contributed by atoms with Crippen LogP contribution < -0.4 is 10.2 Å². The van der Waals surface area contributed by atoms with Crippen LogP contribution in [0.25, 0.3) is 21.8 Å². The molecule has 30 heavy (non-hydrogen) atoms. The average Bonchev–Trinajstić information content (AvgIpc) is 3.06. The molecule has 1 aromatic heterocycles. The number of rotatable bonds is 6. The molecule has 152 valence electrons. The van der Waals surface area contributed by atoms with Gasteiger partial charge in [0.25, 0.3) is 5.91 Å². The number of fused-ring (bicyclic) bond motifs is 3. The molecule has 0 bridgehead atoms. The average molecular weight is 529 g/mol. The number of amides is 1. The Morgan fingerprint density at radius 3 is 2.67 bits per heavy atom. The van der Waals surface area contributed by atoms with Crippen LogP contribution in [0.5, 0.6) is 5.75 Å². The molecular formula is C23H19Br2N3O2. The second-order valence-electron chi connectivity index (χ2n) is 6.69. The highest BCUT2D eigenvalue weighted by molar-refractivity contribution is 9.11. The number of halogens is 2. The molecule has 0 saturated heterocycles. The summed E-state index contributed by atoms with van der Waals surface area (Å²) >= 11 is 6.79. The first kappa shape index (κ1) is 20.6. The number of ether oxygens (including phenoxy) is 1. The minimum absolute atomic E-state index is 0.124. The van der Waals surface area contributed by atoms with E-state index in [9.17, 15) is 4.79 Å². The van der Waals surface area contributed by atoms with E-state index in [4.69, 9.17) is 4.74 Å². The summed E-state index contributed by atoms with van der Waals surface area (Å²) in [4.78, 5) is 12.0. The summed E-state index contributed by atoms with van der Waals surface area (Å²) in [5, 5.41) is 6.46. The van der Waals surface area contributed by atoms with Gasteiger partial charge in [-0.2, -0.15) is 5.10 Å². The third-order valence-electron chi connectivity index (χ3n) is 4.77. The molecule has 1 heterocycles. The van der Waals surface area contributed by atoms with Crippen LogP contribution in [0.15, 0.2) is 74.7 Å². The molecule has 4 rings (SSSR count). The third-order valence-corrected chi connectivity index (χ3v) is 5.88. The van der Waals surface area contributed by atoms with Gasteiger partial charge in [0.1, 0.15) is 5.75 Å². The van der Waals surface area contributed by atoms with Crippen molar-refractivity contribution in [3.63, 3.8) is 0 Å². The van der Waals surface area contributed by atoms with Crippen molar-refractivity contribution in [2.24, 2.45) is 5.10 Å². The number of nitrogens with one attached hydrogen (secondary N) is 1. The van der Waals surface area contributed by atoms with Crippen molar-refractivity contribution < 1.29 is 9.53 Å². The van der Waals surface area contributed by atoms with Crippen molar-refractivity contribution in [2.45, 2.75) is 13.5 Å². The number of para-hydroxylation sites is 1. The fourth-order valence-corrected chi connectivity index (χ4v) is 4.60. The van der Waals surface area contributed by atoms with Crippen molar-refractivity contribution in [2.75, 3.05) is 6.61 Å². The quantitative estimate of drug-likeness (QED) is 0.251. The van der Waals surface area contributed by atoms with Crippen LogP contribution in [0.3, 0.4) is 0 Å². The number of hydrazone groups is 1. The topological polar surface area (TPSA) is 55.6 Å². The SMILES string of the molecule is CCn1c2ccccc2c2cc(/C=N/NC(=O)COc3ccc(Br)cc3Br)ccc21. The highest BCUT2D eigenvalue weighted by Crippen LogP contribution is 2.29. The normalized spacial score (nSPS) is 11.4. The summed E-state index contributed by atoms with van der Waals surface area (Å²) < 4.78 is 9.51. The molecule has 0 atom stereocenters. The molecule has 1 amide bonds. The van der Waals surface area contributed by atoms with Gasteiger partial charge < -0.3 is 9.30 Å². The van der Waals surface area contributed by atoms with Crippen LogP contribution in [0, 0.1) is 0 Å². The lowest BCUT2D eigenvalue weighted by atomic mass is 10.1. The Labute approximate surface area is 191 Å². The Balaban J connectivity index is 1.45. The Bertz CT molecular complexity index is 1260. The smallest absolute Gasteiger partial charge is 0.277 e. The van der Waals surface area contributed by atoms with E-state index in [0.29, 0.717) is 5.75 Å². The summed E-state index contributed by atoms with van der Waals surface area (Å²) in [6, 6.07) is 20.0. The second-order valence-corrected chi connectivity index (χ2v) is 8.46. The minimum atomic E-state index is -0.329. The van der Waals surface area contributed by atoms with Crippen molar-refractivity contribution >= 4 is 65.8 Å². The molecule has 0 fully saturated rings. The van der Waals surface area contributed by atoms with Gasteiger partial charge in [0.2, 0.25) is 0 Å². The van der Waals surface area contributed by atoms with E-state index in [1.807, 2.05) is 24.3 Å². The van der Waals surface area contributed by atoms with Crippen LogP contribution in [0.1, 0.15) is 12.5 Å². The number of aromatic nitrogens is 1. The van der Waals surface area contributed by atoms with E-state index in [1.54, 1.807) is 12.3 Å². The molecule has 0 spiro atoms. The van der Waals surface area contributed by atoms with E-state index >= 15 is 0 Å². The van der Waals surface area contributed by atoms with Crippen LogP contribution in [0.4, 0.5) is 0 Å². The number of carbonyl (C=O) groups is 1.